The summed E-state index contributed by atoms with van der Waals surface area (Å²) in [5.74, 6) is 0. The minimum Gasteiger partial charge on any atom is -0.381 e. The lowest BCUT2D eigenvalue weighted by atomic mass is 10.4. The lowest BCUT2D eigenvalue weighted by Crippen LogP contribution is -2.25. The van der Waals surface area contributed by atoms with Crippen LogP contribution in [0.5, 0.6) is 0 Å². The van der Waals surface area contributed by atoms with E-state index < -0.39 is 15.3 Å². The van der Waals surface area contributed by atoms with E-state index in [0.717, 1.165) is 0 Å². The number of aliphatic hydroxyl groups excluding tert-OH is 1. The van der Waals surface area contributed by atoms with Crippen LogP contribution in [0, 0.1) is 0 Å². The normalized spacial score (nSPS) is 13.9. The first-order valence-corrected chi connectivity index (χ1v) is 5.59. The van der Waals surface area contributed by atoms with Crippen molar-refractivity contribution in [2.45, 2.75) is 10.3 Å². The first kappa shape index (κ1) is 11.2. The third-order valence-electron chi connectivity index (χ3n) is 1.74. The number of aliphatic hydroxyl groups is 1. The van der Waals surface area contributed by atoms with Crippen LogP contribution in [0.1, 0.15) is 0 Å². The monoisotopic (exact) mass is 216 g/mol. The topological polar surface area (TPSA) is 63.6 Å². The molecule has 4 nitrogen and oxygen atoms in total. The summed E-state index contributed by atoms with van der Waals surface area (Å²) in [4.78, 5) is 0.101. The van der Waals surface area contributed by atoms with E-state index in [-0.39, 0.29) is 11.5 Å². The molecule has 1 rings (SSSR count). The lowest BCUT2D eigenvalue weighted by molar-refractivity contribution is 0.110. The third-order valence-corrected chi connectivity index (χ3v) is 3.52. The van der Waals surface area contributed by atoms with E-state index in [4.69, 9.17) is 0 Å². The van der Waals surface area contributed by atoms with Crippen LogP contribution in [0.2, 0.25) is 0 Å². The molecule has 0 aliphatic carbocycles. The van der Waals surface area contributed by atoms with Crippen LogP contribution >= 0.6 is 0 Å². The highest BCUT2D eigenvalue weighted by Crippen LogP contribution is 2.13. The highest BCUT2D eigenvalue weighted by atomic mass is 32.2. The standard InChI is InChI=1S/C9H12O4S/c1-13-7-9(10)14(11,12)8-5-3-2-4-6-8/h2-6,9-10H,7H2,1H3. The van der Waals surface area contributed by atoms with E-state index in [9.17, 15) is 13.5 Å². The lowest BCUT2D eigenvalue weighted by Gasteiger charge is -2.10. The van der Waals surface area contributed by atoms with Gasteiger partial charge in [0.15, 0.2) is 5.44 Å². The molecule has 0 aliphatic heterocycles. The van der Waals surface area contributed by atoms with Gasteiger partial charge >= 0.3 is 0 Å². The Bertz CT molecular complexity index is 371. The van der Waals surface area contributed by atoms with Gasteiger partial charge in [0.2, 0.25) is 9.84 Å². The average molecular weight is 216 g/mol. The van der Waals surface area contributed by atoms with Crippen molar-refractivity contribution >= 4 is 9.84 Å². The fourth-order valence-electron chi connectivity index (χ4n) is 0.999. The van der Waals surface area contributed by atoms with Gasteiger partial charge in [-0.15, -0.1) is 0 Å². The Labute approximate surface area is 83.1 Å². The number of rotatable bonds is 4. The zero-order valence-electron chi connectivity index (χ0n) is 7.75. The van der Waals surface area contributed by atoms with E-state index in [1.807, 2.05) is 0 Å². The maximum Gasteiger partial charge on any atom is 0.207 e. The van der Waals surface area contributed by atoms with E-state index in [1.54, 1.807) is 18.2 Å². The third kappa shape index (κ3) is 2.31. The predicted octanol–water partition coefficient (Wildman–Crippen LogP) is 0.425. The maximum atomic E-state index is 11.6. The molecule has 0 bridgehead atoms. The Balaban J connectivity index is 2.97. The molecular formula is C9H12O4S. The van der Waals surface area contributed by atoms with Crippen LogP contribution in [-0.4, -0.2) is 32.7 Å². The number of sulfone groups is 1. The number of hydrogen-bond donors (Lipinski definition) is 1. The average Bonchev–Trinajstić information content (AvgIpc) is 2.19. The summed E-state index contributed by atoms with van der Waals surface area (Å²) in [6.07, 6.45) is 0. The van der Waals surface area contributed by atoms with Crippen molar-refractivity contribution in [1.82, 2.24) is 0 Å². The minimum absolute atomic E-state index is 0.101. The Kier molecular flexibility index (Phi) is 3.62. The van der Waals surface area contributed by atoms with Gasteiger partial charge in [0.25, 0.3) is 0 Å². The number of benzene rings is 1. The molecule has 0 amide bonds. The number of hydrogen-bond acceptors (Lipinski definition) is 4. The van der Waals surface area contributed by atoms with E-state index in [2.05, 4.69) is 4.74 Å². The molecule has 0 saturated heterocycles. The molecule has 1 atom stereocenters. The highest BCUT2D eigenvalue weighted by Gasteiger charge is 2.24. The van der Waals surface area contributed by atoms with Crippen LogP contribution in [-0.2, 0) is 14.6 Å². The molecule has 1 N–H and O–H groups in total. The summed E-state index contributed by atoms with van der Waals surface area (Å²) in [6.45, 7) is -0.225. The van der Waals surface area contributed by atoms with Crippen molar-refractivity contribution in [3.8, 4) is 0 Å². The summed E-state index contributed by atoms with van der Waals surface area (Å²) in [5, 5.41) is 9.32. The van der Waals surface area contributed by atoms with Gasteiger partial charge in [-0.3, -0.25) is 0 Å². The largest absolute Gasteiger partial charge is 0.381 e. The molecule has 0 aromatic heterocycles. The summed E-state index contributed by atoms with van der Waals surface area (Å²) in [5.41, 5.74) is -1.50. The molecule has 78 valence electrons. The van der Waals surface area contributed by atoms with Crippen LogP contribution < -0.4 is 0 Å². The second kappa shape index (κ2) is 4.54. The van der Waals surface area contributed by atoms with Crippen molar-refractivity contribution in [2.75, 3.05) is 13.7 Å². The zero-order chi connectivity index (χ0) is 10.6. The second-order valence-corrected chi connectivity index (χ2v) is 4.87. The van der Waals surface area contributed by atoms with Crippen molar-refractivity contribution in [3.05, 3.63) is 30.3 Å². The first-order valence-electron chi connectivity index (χ1n) is 4.05. The summed E-state index contributed by atoms with van der Waals surface area (Å²) < 4.78 is 27.8. The van der Waals surface area contributed by atoms with Crippen LogP contribution in [0.4, 0.5) is 0 Å². The first-order chi connectivity index (χ1) is 6.59. The smallest absolute Gasteiger partial charge is 0.207 e. The quantitative estimate of drug-likeness (QED) is 0.792. The SMILES string of the molecule is COCC(O)S(=O)(=O)c1ccccc1. The molecule has 14 heavy (non-hydrogen) atoms. The highest BCUT2D eigenvalue weighted by molar-refractivity contribution is 7.91. The van der Waals surface area contributed by atoms with E-state index >= 15 is 0 Å². The Morgan fingerprint density at radius 1 is 1.36 bits per heavy atom. The molecule has 0 heterocycles. The Morgan fingerprint density at radius 3 is 2.43 bits per heavy atom. The van der Waals surface area contributed by atoms with Gasteiger partial charge in [0.05, 0.1) is 11.5 Å². The molecule has 5 heteroatoms. The van der Waals surface area contributed by atoms with Gasteiger partial charge in [0, 0.05) is 7.11 Å². The van der Waals surface area contributed by atoms with Crippen molar-refractivity contribution < 1.29 is 18.3 Å². The van der Waals surface area contributed by atoms with Gasteiger partial charge in [0.1, 0.15) is 0 Å². The Hall–Kier alpha value is -0.910. The minimum atomic E-state index is -3.67. The summed E-state index contributed by atoms with van der Waals surface area (Å²) in [6, 6.07) is 7.79. The predicted molar refractivity (Wildman–Crippen MR) is 51.5 cm³/mol. The maximum absolute atomic E-state index is 11.6. The zero-order valence-corrected chi connectivity index (χ0v) is 8.57. The van der Waals surface area contributed by atoms with Crippen LogP contribution in [0.15, 0.2) is 35.2 Å². The van der Waals surface area contributed by atoms with Crippen LogP contribution in [0.3, 0.4) is 0 Å². The second-order valence-electron chi connectivity index (χ2n) is 2.77. The number of ether oxygens (including phenoxy) is 1. The Morgan fingerprint density at radius 2 is 1.93 bits per heavy atom. The molecule has 1 aromatic carbocycles. The van der Waals surface area contributed by atoms with Gasteiger partial charge in [-0.05, 0) is 12.1 Å². The molecular weight excluding hydrogens is 204 g/mol. The fourth-order valence-corrected chi connectivity index (χ4v) is 2.17. The summed E-state index contributed by atoms with van der Waals surface area (Å²) >= 11 is 0. The molecule has 0 radical (unpaired) electrons. The van der Waals surface area contributed by atoms with Crippen molar-refractivity contribution in [1.29, 1.82) is 0 Å². The van der Waals surface area contributed by atoms with Crippen molar-refractivity contribution in [3.63, 3.8) is 0 Å². The molecule has 1 aromatic rings. The van der Waals surface area contributed by atoms with Gasteiger partial charge in [-0.2, -0.15) is 0 Å². The molecule has 0 spiro atoms. The van der Waals surface area contributed by atoms with E-state index in [0.29, 0.717) is 0 Å². The molecule has 0 aliphatic rings. The molecule has 0 saturated carbocycles. The fraction of sp³-hybridized carbons (Fsp3) is 0.333. The molecule has 1 unspecified atom stereocenters. The van der Waals surface area contributed by atoms with E-state index in [1.165, 1.54) is 19.2 Å². The molecule has 0 fully saturated rings. The summed E-state index contributed by atoms with van der Waals surface area (Å²) in [7, 11) is -2.33. The van der Waals surface area contributed by atoms with Gasteiger partial charge < -0.3 is 9.84 Å². The van der Waals surface area contributed by atoms with Crippen molar-refractivity contribution in [2.24, 2.45) is 0 Å². The van der Waals surface area contributed by atoms with Gasteiger partial charge in [-0.25, -0.2) is 8.42 Å². The van der Waals surface area contributed by atoms with Gasteiger partial charge in [-0.1, -0.05) is 18.2 Å². The van der Waals surface area contributed by atoms with Crippen LogP contribution in [0.25, 0.3) is 0 Å². The number of methoxy groups -OCH3 is 1.